The summed E-state index contributed by atoms with van der Waals surface area (Å²) < 4.78 is 0. The average Bonchev–Trinajstić information content (AvgIpc) is 2.64. The molecule has 3 nitrogen and oxygen atoms in total. The molecule has 0 saturated heterocycles. The lowest BCUT2D eigenvalue weighted by Crippen LogP contribution is -2.12. The van der Waals surface area contributed by atoms with Crippen LogP contribution in [0.4, 0.5) is 0 Å². The first-order chi connectivity index (χ1) is 12.2. The van der Waals surface area contributed by atoms with Gasteiger partial charge < -0.3 is 10.3 Å². The minimum absolute atomic E-state index is 0.295. The first kappa shape index (κ1) is 19.2. The van der Waals surface area contributed by atoms with Crippen molar-refractivity contribution in [2.24, 2.45) is 5.16 Å². The second kappa shape index (κ2) is 10.00. The van der Waals surface area contributed by atoms with E-state index < -0.39 is 0 Å². The first-order valence-electron chi connectivity index (χ1n) is 9.22. The van der Waals surface area contributed by atoms with Crippen LogP contribution in [0, 0.1) is 0 Å². The van der Waals surface area contributed by atoms with Gasteiger partial charge in [0.25, 0.3) is 0 Å². The summed E-state index contributed by atoms with van der Waals surface area (Å²) in [6, 6.07) is 18.0. The zero-order chi connectivity index (χ0) is 18.1. The Bertz CT molecular complexity index is 665. The third-order valence-corrected chi connectivity index (χ3v) is 4.64. The molecule has 2 aromatic rings. The predicted octanol–water partition coefficient (Wildman–Crippen LogP) is 5.35. The van der Waals surface area contributed by atoms with E-state index in [2.05, 4.69) is 18.1 Å². The Kier molecular flexibility index (Phi) is 7.68. The van der Waals surface area contributed by atoms with E-state index in [1.807, 2.05) is 55.5 Å². The number of hydrogen-bond donors (Lipinski definition) is 2. The Balaban J connectivity index is 2.39. The van der Waals surface area contributed by atoms with Gasteiger partial charge in [-0.2, -0.15) is 0 Å². The summed E-state index contributed by atoms with van der Waals surface area (Å²) in [6.07, 6.45) is 4.79. The van der Waals surface area contributed by atoms with Crippen molar-refractivity contribution < 1.29 is 10.3 Å². The number of rotatable bonds is 9. The topological polar surface area (TPSA) is 52.8 Å². The van der Waals surface area contributed by atoms with Crippen molar-refractivity contribution in [1.29, 1.82) is 0 Å². The van der Waals surface area contributed by atoms with Crippen molar-refractivity contribution in [2.75, 3.05) is 0 Å². The van der Waals surface area contributed by atoms with Crippen LogP contribution in [0.5, 0.6) is 0 Å². The molecule has 2 N–H and O–H groups in total. The fraction of sp³-hybridized carbons (Fsp3) is 0.409. The van der Waals surface area contributed by atoms with Crippen LogP contribution in [-0.2, 0) is 0 Å². The molecule has 2 unspecified atom stereocenters. The molecule has 2 rings (SSSR count). The molecule has 3 heteroatoms. The molecule has 0 radical (unpaired) electrons. The Labute approximate surface area is 151 Å². The fourth-order valence-corrected chi connectivity index (χ4v) is 3.28. The highest BCUT2D eigenvalue weighted by Gasteiger charge is 2.19. The Hall–Kier alpha value is -2.13. The van der Waals surface area contributed by atoms with Crippen LogP contribution in [0.25, 0.3) is 0 Å². The third kappa shape index (κ3) is 5.43. The SMILES string of the molecule is CCCCC(CCC(C)O)c1ccccc1C(=NO)c1ccccc1. The Morgan fingerprint density at radius 1 is 0.960 bits per heavy atom. The van der Waals surface area contributed by atoms with E-state index in [0.717, 1.165) is 43.2 Å². The van der Waals surface area contributed by atoms with Crippen molar-refractivity contribution in [3.63, 3.8) is 0 Å². The maximum atomic E-state index is 9.71. The van der Waals surface area contributed by atoms with Crippen LogP contribution >= 0.6 is 0 Å². The lowest BCUT2D eigenvalue weighted by atomic mass is 9.84. The first-order valence-corrected chi connectivity index (χ1v) is 9.22. The molecule has 0 spiro atoms. The van der Waals surface area contributed by atoms with E-state index in [1.165, 1.54) is 5.56 Å². The van der Waals surface area contributed by atoms with E-state index in [-0.39, 0.29) is 6.10 Å². The van der Waals surface area contributed by atoms with Crippen LogP contribution in [0.1, 0.15) is 68.6 Å². The summed E-state index contributed by atoms with van der Waals surface area (Å²) in [5, 5.41) is 23.0. The van der Waals surface area contributed by atoms with Crippen molar-refractivity contribution in [1.82, 2.24) is 0 Å². The van der Waals surface area contributed by atoms with Gasteiger partial charge >= 0.3 is 0 Å². The number of hydrogen-bond acceptors (Lipinski definition) is 3. The minimum Gasteiger partial charge on any atom is -0.410 e. The van der Waals surface area contributed by atoms with Crippen LogP contribution in [0.3, 0.4) is 0 Å². The van der Waals surface area contributed by atoms with Crippen molar-refractivity contribution in [2.45, 2.75) is 58.0 Å². The predicted molar refractivity (Wildman–Crippen MR) is 103 cm³/mol. The quantitative estimate of drug-likeness (QED) is 0.368. The molecule has 0 bridgehead atoms. The zero-order valence-corrected chi connectivity index (χ0v) is 15.2. The molecule has 0 aliphatic rings. The second-order valence-electron chi connectivity index (χ2n) is 6.67. The highest BCUT2D eigenvalue weighted by Crippen LogP contribution is 2.31. The Morgan fingerprint density at radius 2 is 1.64 bits per heavy atom. The number of nitrogens with zero attached hydrogens (tertiary/aromatic N) is 1. The van der Waals surface area contributed by atoms with Gasteiger partial charge in [-0.25, -0.2) is 0 Å². The molecule has 0 fully saturated rings. The van der Waals surface area contributed by atoms with Gasteiger partial charge in [0.05, 0.1) is 6.10 Å². The molecule has 25 heavy (non-hydrogen) atoms. The summed E-state index contributed by atoms with van der Waals surface area (Å²) in [4.78, 5) is 0. The minimum atomic E-state index is -0.295. The van der Waals surface area contributed by atoms with E-state index in [9.17, 15) is 10.3 Å². The van der Waals surface area contributed by atoms with Crippen LogP contribution in [-0.4, -0.2) is 22.1 Å². The molecule has 0 heterocycles. The number of benzene rings is 2. The second-order valence-corrected chi connectivity index (χ2v) is 6.67. The van der Waals surface area contributed by atoms with Gasteiger partial charge in [-0.15, -0.1) is 0 Å². The van der Waals surface area contributed by atoms with Gasteiger partial charge in [0.2, 0.25) is 0 Å². The summed E-state index contributed by atoms with van der Waals surface area (Å²) in [5.41, 5.74) is 3.69. The standard InChI is InChI=1S/C22H29NO2/c1-3-4-10-18(16-15-17(2)24)20-13-8-9-14-21(20)22(23-25)19-11-6-5-7-12-19/h5-9,11-14,17-18,24-25H,3-4,10,15-16H2,1-2H3. The van der Waals surface area contributed by atoms with Crippen LogP contribution in [0.2, 0.25) is 0 Å². The monoisotopic (exact) mass is 339 g/mol. The van der Waals surface area contributed by atoms with Gasteiger partial charge in [0.1, 0.15) is 5.71 Å². The summed E-state index contributed by atoms with van der Waals surface area (Å²) >= 11 is 0. The van der Waals surface area contributed by atoms with E-state index in [4.69, 9.17) is 0 Å². The molecular weight excluding hydrogens is 310 g/mol. The Morgan fingerprint density at radius 3 is 2.28 bits per heavy atom. The van der Waals surface area contributed by atoms with Gasteiger partial charge in [-0.1, -0.05) is 79.5 Å². The fourth-order valence-electron chi connectivity index (χ4n) is 3.28. The average molecular weight is 339 g/mol. The van der Waals surface area contributed by atoms with E-state index in [1.54, 1.807) is 0 Å². The molecule has 0 aliphatic heterocycles. The largest absolute Gasteiger partial charge is 0.410 e. The van der Waals surface area contributed by atoms with Crippen molar-refractivity contribution in [3.05, 3.63) is 71.3 Å². The summed E-state index contributed by atoms with van der Waals surface area (Å²) in [6.45, 7) is 4.04. The molecule has 134 valence electrons. The number of oxime groups is 1. The molecule has 2 aromatic carbocycles. The van der Waals surface area contributed by atoms with E-state index >= 15 is 0 Å². The van der Waals surface area contributed by atoms with Gasteiger partial charge in [0.15, 0.2) is 0 Å². The molecule has 0 aliphatic carbocycles. The number of unbranched alkanes of at least 4 members (excludes halogenated alkanes) is 1. The highest BCUT2D eigenvalue weighted by molar-refractivity contribution is 6.13. The molecule has 0 aromatic heterocycles. The van der Waals surface area contributed by atoms with Crippen LogP contribution < -0.4 is 0 Å². The highest BCUT2D eigenvalue weighted by atomic mass is 16.4. The summed E-state index contributed by atoms with van der Waals surface area (Å²) in [7, 11) is 0. The maximum absolute atomic E-state index is 9.71. The van der Waals surface area contributed by atoms with Crippen molar-refractivity contribution >= 4 is 5.71 Å². The molecule has 0 saturated carbocycles. The van der Waals surface area contributed by atoms with E-state index in [0.29, 0.717) is 11.6 Å². The van der Waals surface area contributed by atoms with Gasteiger partial charge in [-0.05, 0) is 37.7 Å². The van der Waals surface area contributed by atoms with Gasteiger partial charge in [-0.3, -0.25) is 0 Å². The molecule has 2 atom stereocenters. The number of aliphatic hydroxyl groups is 1. The molecule has 0 amide bonds. The third-order valence-electron chi connectivity index (χ3n) is 4.64. The smallest absolute Gasteiger partial charge is 0.117 e. The number of aliphatic hydroxyl groups excluding tert-OH is 1. The summed E-state index contributed by atoms with van der Waals surface area (Å²) in [5.74, 6) is 0.353. The maximum Gasteiger partial charge on any atom is 0.117 e. The lowest BCUT2D eigenvalue weighted by molar-refractivity contribution is 0.177. The van der Waals surface area contributed by atoms with Crippen LogP contribution in [0.15, 0.2) is 59.8 Å². The van der Waals surface area contributed by atoms with Gasteiger partial charge in [0, 0.05) is 11.1 Å². The normalized spacial score (nSPS) is 14.3. The zero-order valence-electron chi connectivity index (χ0n) is 15.2. The molecular formula is C22H29NO2. The lowest BCUT2D eigenvalue weighted by Gasteiger charge is -2.22. The van der Waals surface area contributed by atoms with Crippen molar-refractivity contribution in [3.8, 4) is 0 Å².